The van der Waals surface area contributed by atoms with E-state index in [9.17, 15) is 4.79 Å². The van der Waals surface area contributed by atoms with Crippen molar-refractivity contribution < 1.29 is 9.90 Å². The molecular weight excluding hydrogens is 132 g/mol. The number of carboxylic acid groups (broad SMARTS) is 1. The summed E-state index contributed by atoms with van der Waals surface area (Å²) in [5.41, 5.74) is 0.738. The predicted octanol–water partition coefficient (Wildman–Crippen LogP) is 0.227. The van der Waals surface area contributed by atoms with Gasteiger partial charge in [-0.05, 0) is 0 Å². The molecule has 1 aromatic rings. The average molecular weight is 139 g/mol. The highest BCUT2D eigenvalue weighted by Gasteiger charge is 1.99. The van der Waals surface area contributed by atoms with Gasteiger partial charge in [0.2, 0.25) is 0 Å². The third-order valence-corrected chi connectivity index (χ3v) is 1.10. The summed E-state index contributed by atoms with van der Waals surface area (Å²) in [5, 5.41) is 8.26. The van der Waals surface area contributed by atoms with Gasteiger partial charge in [0.25, 0.3) is 0 Å². The Bertz CT molecular complexity index is 206. The van der Waals surface area contributed by atoms with E-state index in [1.807, 2.05) is 0 Å². The fraction of sp³-hybridized carbons (Fsp3) is 0.333. The molecule has 1 rings (SSSR count). The van der Waals surface area contributed by atoms with Gasteiger partial charge in [-0.1, -0.05) is 0 Å². The second-order valence-corrected chi connectivity index (χ2v) is 1.90. The Morgan fingerprint density at radius 1 is 1.90 bits per heavy atom. The molecule has 4 heteroatoms. The number of H-pyrrole nitrogens is 1. The average Bonchev–Trinajstić information content (AvgIpc) is 2.34. The molecule has 1 heterocycles. The van der Waals surface area contributed by atoms with Crippen LogP contribution in [-0.2, 0) is 11.2 Å². The minimum atomic E-state index is -0.803. The molecule has 0 saturated heterocycles. The monoisotopic (exact) mass is 139 g/mol. The Hall–Kier alpha value is -1.32. The smallest absolute Gasteiger partial charge is 0.303 e. The van der Waals surface area contributed by atoms with E-state index in [0.717, 1.165) is 5.69 Å². The highest BCUT2D eigenvalue weighted by atomic mass is 16.4. The maximum atomic E-state index is 10.0. The number of imidazole rings is 1. The van der Waals surface area contributed by atoms with Crippen molar-refractivity contribution in [3.05, 3.63) is 18.2 Å². The molecule has 0 aromatic carbocycles. The summed E-state index contributed by atoms with van der Waals surface area (Å²) >= 11 is 0. The number of carboxylic acids is 1. The molecule has 0 unspecified atom stereocenters. The van der Waals surface area contributed by atoms with Crippen molar-refractivity contribution in [2.24, 2.45) is 0 Å². The zero-order valence-corrected chi connectivity index (χ0v) is 5.29. The quantitative estimate of drug-likeness (QED) is 0.629. The van der Waals surface area contributed by atoms with Crippen LogP contribution in [0.15, 0.2) is 6.20 Å². The van der Waals surface area contributed by atoms with E-state index >= 15 is 0 Å². The SMILES string of the molecule is O=C(O)CCc1c[nH][c]n1. The predicted molar refractivity (Wildman–Crippen MR) is 33.4 cm³/mol. The van der Waals surface area contributed by atoms with Gasteiger partial charge in [-0.25, -0.2) is 4.98 Å². The Balaban J connectivity index is 2.35. The van der Waals surface area contributed by atoms with Crippen LogP contribution in [-0.4, -0.2) is 21.0 Å². The van der Waals surface area contributed by atoms with Gasteiger partial charge in [0.1, 0.15) is 0 Å². The van der Waals surface area contributed by atoms with E-state index < -0.39 is 5.97 Å². The molecule has 2 N–H and O–H groups in total. The van der Waals surface area contributed by atoms with Crippen molar-refractivity contribution in [1.29, 1.82) is 0 Å². The molecule has 0 aliphatic carbocycles. The first kappa shape index (κ1) is 6.80. The number of rotatable bonds is 3. The normalized spacial score (nSPS) is 9.60. The lowest BCUT2D eigenvalue weighted by Crippen LogP contribution is -1.97. The molecule has 1 radical (unpaired) electrons. The van der Waals surface area contributed by atoms with E-state index in [2.05, 4.69) is 16.3 Å². The molecule has 0 bridgehead atoms. The fourth-order valence-corrected chi connectivity index (χ4v) is 0.615. The summed E-state index contributed by atoms with van der Waals surface area (Å²) in [5.74, 6) is -0.803. The lowest BCUT2D eigenvalue weighted by atomic mass is 10.2. The van der Waals surface area contributed by atoms with E-state index in [-0.39, 0.29) is 6.42 Å². The Kier molecular flexibility index (Phi) is 2.04. The van der Waals surface area contributed by atoms with Crippen LogP contribution < -0.4 is 0 Å². The van der Waals surface area contributed by atoms with Gasteiger partial charge in [-0.3, -0.25) is 4.79 Å². The van der Waals surface area contributed by atoms with Crippen molar-refractivity contribution in [2.75, 3.05) is 0 Å². The Labute approximate surface area is 57.9 Å². The third-order valence-electron chi connectivity index (χ3n) is 1.10. The summed E-state index contributed by atoms with van der Waals surface area (Å²) in [4.78, 5) is 16.4. The van der Waals surface area contributed by atoms with Gasteiger partial charge in [0.05, 0.1) is 12.1 Å². The van der Waals surface area contributed by atoms with E-state index in [1.54, 1.807) is 6.20 Å². The van der Waals surface area contributed by atoms with Crippen molar-refractivity contribution in [2.45, 2.75) is 12.8 Å². The van der Waals surface area contributed by atoms with Gasteiger partial charge < -0.3 is 10.1 Å². The van der Waals surface area contributed by atoms with Crippen LogP contribution in [0.1, 0.15) is 12.1 Å². The van der Waals surface area contributed by atoms with Crippen molar-refractivity contribution in [3.8, 4) is 0 Å². The summed E-state index contributed by atoms with van der Waals surface area (Å²) in [7, 11) is 0. The number of aryl methyl sites for hydroxylation is 1. The maximum Gasteiger partial charge on any atom is 0.303 e. The largest absolute Gasteiger partial charge is 0.481 e. The van der Waals surface area contributed by atoms with Crippen molar-refractivity contribution in [1.82, 2.24) is 9.97 Å². The van der Waals surface area contributed by atoms with Crippen LogP contribution in [0, 0.1) is 6.33 Å². The first-order valence-electron chi connectivity index (χ1n) is 2.91. The third kappa shape index (κ3) is 1.89. The number of carbonyl (C=O) groups is 1. The molecular formula is C6H7N2O2. The van der Waals surface area contributed by atoms with Gasteiger partial charge >= 0.3 is 5.97 Å². The second-order valence-electron chi connectivity index (χ2n) is 1.90. The fourth-order valence-electron chi connectivity index (χ4n) is 0.615. The van der Waals surface area contributed by atoms with E-state index in [1.165, 1.54) is 0 Å². The molecule has 0 aliphatic rings. The summed E-state index contributed by atoms with van der Waals surface area (Å²) < 4.78 is 0. The first-order valence-corrected chi connectivity index (χ1v) is 2.91. The van der Waals surface area contributed by atoms with Crippen LogP contribution in [0.4, 0.5) is 0 Å². The van der Waals surface area contributed by atoms with Gasteiger partial charge in [-0.15, -0.1) is 0 Å². The minimum Gasteiger partial charge on any atom is -0.481 e. The van der Waals surface area contributed by atoms with Gasteiger partial charge in [-0.2, -0.15) is 0 Å². The number of hydrogen-bond acceptors (Lipinski definition) is 2. The van der Waals surface area contributed by atoms with Gasteiger partial charge in [0.15, 0.2) is 6.33 Å². The highest BCUT2D eigenvalue weighted by Crippen LogP contribution is 1.95. The van der Waals surface area contributed by atoms with Crippen LogP contribution >= 0.6 is 0 Å². The molecule has 10 heavy (non-hydrogen) atoms. The molecule has 0 saturated carbocycles. The van der Waals surface area contributed by atoms with E-state index in [4.69, 9.17) is 5.11 Å². The zero-order valence-electron chi connectivity index (χ0n) is 5.29. The van der Waals surface area contributed by atoms with Crippen molar-refractivity contribution >= 4 is 5.97 Å². The molecule has 0 fully saturated rings. The summed E-state index contributed by atoms with van der Waals surface area (Å²) in [6.45, 7) is 0. The summed E-state index contributed by atoms with van der Waals surface area (Å²) in [6.07, 6.45) is 4.72. The Morgan fingerprint density at radius 3 is 3.20 bits per heavy atom. The van der Waals surface area contributed by atoms with Crippen molar-refractivity contribution in [3.63, 3.8) is 0 Å². The number of hydrogen-bond donors (Lipinski definition) is 2. The van der Waals surface area contributed by atoms with E-state index in [0.29, 0.717) is 6.42 Å². The lowest BCUT2D eigenvalue weighted by Gasteiger charge is -1.88. The minimum absolute atomic E-state index is 0.124. The van der Waals surface area contributed by atoms with Crippen LogP contribution in [0.25, 0.3) is 0 Å². The topological polar surface area (TPSA) is 66.0 Å². The van der Waals surface area contributed by atoms with Crippen LogP contribution in [0.2, 0.25) is 0 Å². The molecule has 0 aliphatic heterocycles. The molecule has 1 aromatic heterocycles. The summed E-state index contributed by atoms with van der Waals surface area (Å²) in [6, 6.07) is 0. The molecule has 0 atom stereocenters. The molecule has 4 nitrogen and oxygen atoms in total. The maximum absolute atomic E-state index is 10.0. The number of nitrogens with one attached hydrogen (secondary N) is 1. The number of aromatic nitrogens is 2. The number of aromatic amines is 1. The molecule has 53 valence electrons. The highest BCUT2D eigenvalue weighted by molar-refractivity contribution is 5.66. The lowest BCUT2D eigenvalue weighted by molar-refractivity contribution is -0.136. The zero-order chi connectivity index (χ0) is 7.40. The number of aliphatic carboxylic acids is 1. The van der Waals surface area contributed by atoms with Crippen LogP contribution in [0.3, 0.4) is 0 Å². The van der Waals surface area contributed by atoms with Crippen LogP contribution in [0.5, 0.6) is 0 Å². The Morgan fingerprint density at radius 2 is 2.70 bits per heavy atom. The molecule has 0 amide bonds. The number of nitrogens with zero attached hydrogens (tertiary/aromatic N) is 1. The first-order chi connectivity index (χ1) is 4.79. The second kappa shape index (κ2) is 3.00. The standard InChI is InChI=1S/C6H7N2O2/c9-6(10)2-1-5-3-7-4-8-5/h3H,1-2H2,(H,7,8)(H,9,10). The molecule has 0 spiro atoms. The van der Waals surface area contributed by atoms with Gasteiger partial charge in [0, 0.05) is 12.6 Å².